The molecule has 0 aliphatic carbocycles. The molecule has 0 saturated carbocycles. The Kier molecular flexibility index (Phi) is 3.01. The summed E-state index contributed by atoms with van der Waals surface area (Å²) in [5.74, 6) is -0.219. The van der Waals surface area contributed by atoms with E-state index in [4.69, 9.17) is 0 Å². The first kappa shape index (κ1) is 9.71. The summed E-state index contributed by atoms with van der Waals surface area (Å²) in [6, 6.07) is 4.99. The van der Waals surface area contributed by atoms with E-state index in [9.17, 15) is 4.39 Å². The number of oxime groups is 1. The maximum Gasteiger partial charge on any atom is 0.126 e. The predicted octanol–water partition coefficient (Wildman–Crippen LogP) is 2.50. The molecule has 0 aromatic heterocycles. The molecule has 0 bridgehead atoms. The smallest absolute Gasteiger partial charge is 0.126 e. The van der Waals surface area contributed by atoms with Gasteiger partial charge in [0, 0.05) is 5.56 Å². The van der Waals surface area contributed by atoms with Gasteiger partial charge in [0.2, 0.25) is 0 Å². The fraction of sp³-hybridized carbons (Fsp3) is 0.300. The third-order valence-corrected chi connectivity index (χ3v) is 1.82. The SMILES string of the molecule is CO/N=C(/C)c1ccc(C)c(F)c1. The van der Waals surface area contributed by atoms with Crippen LogP contribution in [0, 0.1) is 12.7 Å². The molecule has 0 unspecified atom stereocenters. The largest absolute Gasteiger partial charge is 0.399 e. The molecule has 0 saturated heterocycles. The molecule has 2 nitrogen and oxygen atoms in total. The highest BCUT2D eigenvalue weighted by Gasteiger charge is 2.01. The first-order chi connectivity index (χ1) is 6.15. The van der Waals surface area contributed by atoms with Crippen LogP contribution < -0.4 is 0 Å². The monoisotopic (exact) mass is 181 g/mol. The van der Waals surface area contributed by atoms with Crippen LogP contribution in [0.25, 0.3) is 0 Å². The van der Waals surface area contributed by atoms with Gasteiger partial charge in [0.15, 0.2) is 0 Å². The van der Waals surface area contributed by atoms with E-state index >= 15 is 0 Å². The van der Waals surface area contributed by atoms with Crippen molar-refractivity contribution in [2.24, 2.45) is 5.16 Å². The molecule has 1 aromatic rings. The Balaban J connectivity index is 3.04. The van der Waals surface area contributed by atoms with Crippen LogP contribution in [0.5, 0.6) is 0 Å². The first-order valence-electron chi connectivity index (χ1n) is 3.99. The van der Waals surface area contributed by atoms with Crippen molar-refractivity contribution in [3.8, 4) is 0 Å². The van der Waals surface area contributed by atoms with Crippen LogP contribution in [0.4, 0.5) is 4.39 Å². The van der Waals surface area contributed by atoms with E-state index in [0.29, 0.717) is 11.3 Å². The molecular weight excluding hydrogens is 169 g/mol. The summed E-state index contributed by atoms with van der Waals surface area (Å²) in [5.41, 5.74) is 2.04. The van der Waals surface area contributed by atoms with Gasteiger partial charge in [-0.25, -0.2) is 4.39 Å². The van der Waals surface area contributed by atoms with Gasteiger partial charge in [-0.05, 0) is 25.5 Å². The Morgan fingerprint density at radius 3 is 2.69 bits per heavy atom. The van der Waals surface area contributed by atoms with Crippen molar-refractivity contribution in [3.05, 3.63) is 35.1 Å². The van der Waals surface area contributed by atoms with Crippen molar-refractivity contribution in [1.29, 1.82) is 0 Å². The third-order valence-electron chi connectivity index (χ3n) is 1.82. The fourth-order valence-corrected chi connectivity index (χ4v) is 1.01. The second kappa shape index (κ2) is 4.03. The molecule has 0 spiro atoms. The van der Waals surface area contributed by atoms with Crippen LogP contribution in [0.15, 0.2) is 23.4 Å². The number of nitrogens with zero attached hydrogens (tertiary/aromatic N) is 1. The number of hydrogen-bond acceptors (Lipinski definition) is 2. The zero-order valence-corrected chi connectivity index (χ0v) is 7.97. The van der Waals surface area contributed by atoms with E-state index in [1.54, 1.807) is 19.9 Å². The van der Waals surface area contributed by atoms with Crippen LogP contribution >= 0.6 is 0 Å². The third kappa shape index (κ3) is 2.28. The van der Waals surface area contributed by atoms with Gasteiger partial charge in [0.05, 0.1) is 5.71 Å². The lowest BCUT2D eigenvalue weighted by molar-refractivity contribution is 0.213. The van der Waals surface area contributed by atoms with Gasteiger partial charge in [0.1, 0.15) is 12.9 Å². The second-order valence-electron chi connectivity index (χ2n) is 2.82. The quantitative estimate of drug-likeness (QED) is 0.507. The first-order valence-corrected chi connectivity index (χ1v) is 3.99. The molecule has 0 heterocycles. The van der Waals surface area contributed by atoms with Crippen molar-refractivity contribution in [3.63, 3.8) is 0 Å². The summed E-state index contributed by atoms with van der Waals surface area (Å²) < 4.78 is 13.1. The maximum atomic E-state index is 13.1. The van der Waals surface area contributed by atoms with E-state index in [-0.39, 0.29) is 5.82 Å². The molecule has 13 heavy (non-hydrogen) atoms. The van der Waals surface area contributed by atoms with Crippen molar-refractivity contribution in [2.75, 3.05) is 7.11 Å². The van der Waals surface area contributed by atoms with Crippen LogP contribution in [0.3, 0.4) is 0 Å². The minimum Gasteiger partial charge on any atom is -0.399 e. The average Bonchev–Trinajstić information content (AvgIpc) is 2.10. The summed E-state index contributed by atoms with van der Waals surface area (Å²) in [6.07, 6.45) is 0. The number of rotatable bonds is 2. The van der Waals surface area contributed by atoms with E-state index in [1.165, 1.54) is 13.2 Å². The van der Waals surface area contributed by atoms with Crippen molar-refractivity contribution >= 4 is 5.71 Å². The van der Waals surface area contributed by atoms with Gasteiger partial charge >= 0.3 is 0 Å². The Bertz CT molecular complexity index is 334. The van der Waals surface area contributed by atoms with Gasteiger partial charge < -0.3 is 4.84 Å². The minimum atomic E-state index is -0.219. The second-order valence-corrected chi connectivity index (χ2v) is 2.82. The average molecular weight is 181 g/mol. The van der Waals surface area contributed by atoms with Gasteiger partial charge in [-0.1, -0.05) is 17.3 Å². The van der Waals surface area contributed by atoms with E-state index in [2.05, 4.69) is 9.99 Å². The van der Waals surface area contributed by atoms with Crippen LogP contribution in [-0.2, 0) is 4.84 Å². The highest BCUT2D eigenvalue weighted by molar-refractivity contribution is 5.98. The molecule has 0 aliphatic heterocycles. The molecule has 0 atom stereocenters. The maximum absolute atomic E-state index is 13.1. The zero-order valence-electron chi connectivity index (χ0n) is 7.97. The molecule has 0 N–H and O–H groups in total. The highest BCUT2D eigenvalue weighted by atomic mass is 19.1. The number of halogens is 1. The number of benzene rings is 1. The fourth-order valence-electron chi connectivity index (χ4n) is 1.01. The van der Waals surface area contributed by atoms with Crippen molar-refractivity contribution < 1.29 is 9.23 Å². The summed E-state index contributed by atoms with van der Waals surface area (Å²) in [4.78, 5) is 4.59. The molecule has 0 radical (unpaired) electrons. The molecule has 70 valence electrons. The normalized spacial score (nSPS) is 11.5. The van der Waals surface area contributed by atoms with E-state index in [1.807, 2.05) is 6.07 Å². The minimum absolute atomic E-state index is 0.219. The summed E-state index contributed by atoms with van der Waals surface area (Å²) in [6.45, 7) is 3.50. The van der Waals surface area contributed by atoms with Crippen molar-refractivity contribution in [1.82, 2.24) is 0 Å². The Hall–Kier alpha value is -1.38. The predicted molar refractivity (Wildman–Crippen MR) is 50.4 cm³/mol. The lowest BCUT2D eigenvalue weighted by Crippen LogP contribution is -1.97. The van der Waals surface area contributed by atoms with Crippen molar-refractivity contribution in [2.45, 2.75) is 13.8 Å². The van der Waals surface area contributed by atoms with Gasteiger partial charge in [0.25, 0.3) is 0 Å². The molecule has 1 aromatic carbocycles. The molecule has 1 rings (SSSR count). The topological polar surface area (TPSA) is 21.6 Å². The van der Waals surface area contributed by atoms with E-state index in [0.717, 1.165) is 5.56 Å². The van der Waals surface area contributed by atoms with Crippen LogP contribution in [0.1, 0.15) is 18.1 Å². The molecule has 0 fully saturated rings. The molecule has 3 heteroatoms. The Labute approximate surface area is 77.0 Å². The summed E-state index contributed by atoms with van der Waals surface area (Å²) in [5, 5.41) is 3.72. The van der Waals surface area contributed by atoms with Crippen LogP contribution in [-0.4, -0.2) is 12.8 Å². The number of aryl methyl sites for hydroxylation is 1. The van der Waals surface area contributed by atoms with Gasteiger partial charge in [-0.2, -0.15) is 0 Å². The lowest BCUT2D eigenvalue weighted by atomic mass is 10.1. The molecule has 0 aliphatic rings. The number of hydrogen-bond donors (Lipinski definition) is 0. The summed E-state index contributed by atoms with van der Waals surface area (Å²) >= 11 is 0. The zero-order chi connectivity index (χ0) is 9.84. The van der Waals surface area contributed by atoms with Gasteiger partial charge in [-0.3, -0.25) is 0 Å². The molecule has 0 amide bonds. The Morgan fingerprint density at radius 1 is 1.46 bits per heavy atom. The van der Waals surface area contributed by atoms with Crippen LogP contribution in [0.2, 0.25) is 0 Å². The summed E-state index contributed by atoms with van der Waals surface area (Å²) in [7, 11) is 1.47. The Morgan fingerprint density at radius 2 is 2.15 bits per heavy atom. The van der Waals surface area contributed by atoms with Gasteiger partial charge in [-0.15, -0.1) is 0 Å². The lowest BCUT2D eigenvalue weighted by Gasteiger charge is -2.01. The standard InChI is InChI=1S/C10H12FNO/c1-7-4-5-9(6-10(7)11)8(2)12-13-3/h4-6H,1-3H3/b12-8-. The highest BCUT2D eigenvalue weighted by Crippen LogP contribution is 2.10. The molecular formula is C10H12FNO. The van der Waals surface area contributed by atoms with E-state index < -0.39 is 0 Å².